The SMILES string of the molecule is CC1NC(C(=O)NC(CC(=O)O)C(=O)O)CS1. The van der Waals surface area contributed by atoms with Gasteiger partial charge in [-0.1, -0.05) is 0 Å². The zero-order valence-electron chi connectivity index (χ0n) is 9.17. The lowest BCUT2D eigenvalue weighted by molar-refractivity contribution is -0.147. The molecule has 17 heavy (non-hydrogen) atoms. The van der Waals surface area contributed by atoms with E-state index in [1.807, 2.05) is 6.92 Å². The van der Waals surface area contributed by atoms with Gasteiger partial charge in [0.2, 0.25) is 5.91 Å². The van der Waals surface area contributed by atoms with Crippen LogP contribution in [0, 0.1) is 0 Å². The van der Waals surface area contributed by atoms with Crippen LogP contribution >= 0.6 is 11.8 Å². The summed E-state index contributed by atoms with van der Waals surface area (Å²) in [6.07, 6.45) is -0.628. The number of rotatable bonds is 5. The van der Waals surface area contributed by atoms with Crippen LogP contribution < -0.4 is 10.6 Å². The van der Waals surface area contributed by atoms with Crippen LogP contribution in [0.15, 0.2) is 0 Å². The molecule has 7 nitrogen and oxygen atoms in total. The number of carboxylic acids is 2. The molecule has 0 spiro atoms. The first-order chi connectivity index (χ1) is 7.90. The Hall–Kier alpha value is -1.28. The quantitative estimate of drug-likeness (QED) is 0.506. The minimum Gasteiger partial charge on any atom is -0.481 e. The van der Waals surface area contributed by atoms with Crippen molar-refractivity contribution in [2.45, 2.75) is 30.8 Å². The Labute approximate surface area is 102 Å². The largest absolute Gasteiger partial charge is 0.481 e. The van der Waals surface area contributed by atoms with E-state index >= 15 is 0 Å². The summed E-state index contributed by atoms with van der Waals surface area (Å²) < 4.78 is 0. The zero-order valence-corrected chi connectivity index (χ0v) is 9.99. The molecule has 0 aromatic carbocycles. The van der Waals surface area contributed by atoms with Gasteiger partial charge in [0.15, 0.2) is 0 Å². The lowest BCUT2D eigenvalue weighted by Crippen LogP contribution is -2.50. The molecular formula is C9H14N2O5S. The molecular weight excluding hydrogens is 248 g/mol. The maximum Gasteiger partial charge on any atom is 0.326 e. The molecule has 3 atom stereocenters. The van der Waals surface area contributed by atoms with Crippen molar-refractivity contribution in [2.24, 2.45) is 0 Å². The first-order valence-corrected chi connectivity index (χ1v) is 6.07. The van der Waals surface area contributed by atoms with E-state index in [0.29, 0.717) is 5.75 Å². The van der Waals surface area contributed by atoms with Gasteiger partial charge in [0, 0.05) is 5.75 Å². The molecule has 1 fully saturated rings. The van der Waals surface area contributed by atoms with Crippen LogP contribution in [0.2, 0.25) is 0 Å². The van der Waals surface area contributed by atoms with Crippen LogP contribution in [0.25, 0.3) is 0 Å². The minimum absolute atomic E-state index is 0.133. The van der Waals surface area contributed by atoms with Gasteiger partial charge < -0.3 is 15.5 Å². The number of aliphatic carboxylic acids is 2. The number of carbonyl (C=O) groups is 3. The third-order valence-electron chi connectivity index (χ3n) is 2.26. The average molecular weight is 262 g/mol. The topological polar surface area (TPSA) is 116 Å². The van der Waals surface area contributed by atoms with Crippen molar-refractivity contribution in [1.29, 1.82) is 0 Å². The molecule has 4 N–H and O–H groups in total. The maximum atomic E-state index is 11.6. The monoisotopic (exact) mass is 262 g/mol. The van der Waals surface area contributed by atoms with Crippen molar-refractivity contribution in [2.75, 3.05) is 5.75 Å². The Morgan fingerprint density at radius 3 is 2.53 bits per heavy atom. The highest BCUT2D eigenvalue weighted by Crippen LogP contribution is 2.17. The van der Waals surface area contributed by atoms with Gasteiger partial charge in [-0.2, -0.15) is 0 Å². The summed E-state index contributed by atoms with van der Waals surface area (Å²) in [5, 5.41) is 22.6. The summed E-state index contributed by atoms with van der Waals surface area (Å²) in [5.41, 5.74) is 0. The molecule has 1 saturated heterocycles. The maximum absolute atomic E-state index is 11.6. The second-order valence-electron chi connectivity index (χ2n) is 3.69. The van der Waals surface area contributed by atoms with Crippen LogP contribution in [0.4, 0.5) is 0 Å². The lowest BCUT2D eigenvalue weighted by atomic mass is 10.2. The van der Waals surface area contributed by atoms with Gasteiger partial charge in [-0.05, 0) is 6.92 Å². The third-order valence-corrected chi connectivity index (χ3v) is 3.42. The van der Waals surface area contributed by atoms with E-state index in [4.69, 9.17) is 10.2 Å². The fourth-order valence-electron chi connectivity index (χ4n) is 1.42. The Kier molecular flexibility index (Phi) is 4.76. The van der Waals surface area contributed by atoms with Gasteiger partial charge in [-0.15, -0.1) is 11.8 Å². The summed E-state index contributed by atoms with van der Waals surface area (Å²) in [5.74, 6) is -2.54. The second-order valence-corrected chi connectivity index (χ2v) is 5.07. The normalized spacial score (nSPS) is 25.2. The summed E-state index contributed by atoms with van der Waals surface area (Å²) in [6, 6.07) is -1.85. The zero-order chi connectivity index (χ0) is 13.0. The van der Waals surface area contributed by atoms with Crippen molar-refractivity contribution in [1.82, 2.24) is 10.6 Å². The van der Waals surface area contributed by atoms with Gasteiger partial charge in [-0.3, -0.25) is 14.9 Å². The molecule has 0 aromatic rings. The van der Waals surface area contributed by atoms with Crippen molar-refractivity contribution in [3.63, 3.8) is 0 Å². The summed E-state index contributed by atoms with van der Waals surface area (Å²) in [4.78, 5) is 32.8. The van der Waals surface area contributed by atoms with E-state index in [2.05, 4.69) is 10.6 Å². The first-order valence-electron chi connectivity index (χ1n) is 5.02. The first kappa shape index (κ1) is 13.8. The van der Waals surface area contributed by atoms with E-state index in [-0.39, 0.29) is 5.37 Å². The van der Waals surface area contributed by atoms with Gasteiger partial charge in [-0.25, -0.2) is 4.79 Å². The number of nitrogens with one attached hydrogen (secondary N) is 2. The predicted octanol–water partition coefficient (Wildman–Crippen LogP) is -0.918. The Bertz CT molecular complexity index is 335. The van der Waals surface area contributed by atoms with Crippen LogP contribution in [-0.4, -0.2) is 51.3 Å². The molecule has 8 heteroatoms. The Morgan fingerprint density at radius 2 is 2.12 bits per heavy atom. The van der Waals surface area contributed by atoms with E-state index in [1.165, 1.54) is 0 Å². The summed E-state index contributed by atoms with van der Waals surface area (Å²) >= 11 is 1.55. The third kappa shape index (κ3) is 4.23. The molecule has 0 bridgehead atoms. The molecule has 0 aliphatic carbocycles. The fourth-order valence-corrected chi connectivity index (χ4v) is 2.41. The summed E-state index contributed by atoms with van der Waals surface area (Å²) in [6.45, 7) is 1.89. The van der Waals surface area contributed by atoms with E-state index in [0.717, 1.165) is 0 Å². The molecule has 1 amide bonds. The molecule has 0 saturated carbocycles. The molecule has 0 radical (unpaired) electrons. The highest BCUT2D eigenvalue weighted by atomic mass is 32.2. The molecule has 3 unspecified atom stereocenters. The fraction of sp³-hybridized carbons (Fsp3) is 0.667. The van der Waals surface area contributed by atoms with Crippen molar-refractivity contribution >= 4 is 29.6 Å². The van der Waals surface area contributed by atoms with Crippen molar-refractivity contribution in [3.05, 3.63) is 0 Å². The van der Waals surface area contributed by atoms with Crippen LogP contribution in [0.5, 0.6) is 0 Å². The van der Waals surface area contributed by atoms with Crippen LogP contribution in [-0.2, 0) is 14.4 Å². The second kappa shape index (κ2) is 5.87. The Morgan fingerprint density at radius 1 is 1.47 bits per heavy atom. The van der Waals surface area contributed by atoms with Crippen LogP contribution in [0.3, 0.4) is 0 Å². The predicted molar refractivity (Wildman–Crippen MR) is 60.7 cm³/mol. The number of carboxylic acid groups (broad SMARTS) is 2. The van der Waals surface area contributed by atoms with Gasteiger partial charge >= 0.3 is 11.9 Å². The number of thioether (sulfide) groups is 1. The molecule has 1 aliphatic rings. The number of hydrogen-bond donors (Lipinski definition) is 4. The van der Waals surface area contributed by atoms with E-state index in [1.54, 1.807) is 11.8 Å². The number of amides is 1. The molecule has 1 heterocycles. The Balaban J connectivity index is 2.52. The van der Waals surface area contributed by atoms with Gasteiger partial charge in [0.05, 0.1) is 17.8 Å². The lowest BCUT2D eigenvalue weighted by Gasteiger charge is -2.16. The van der Waals surface area contributed by atoms with Gasteiger partial charge in [0.1, 0.15) is 6.04 Å². The van der Waals surface area contributed by atoms with Crippen molar-refractivity contribution in [3.8, 4) is 0 Å². The standard InChI is InChI=1S/C9H14N2O5S/c1-4-10-6(3-17-4)8(14)11-5(9(15)16)2-7(12)13/h4-6,10H,2-3H2,1H3,(H,11,14)(H,12,13)(H,15,16). The number of hydrogen-bond acceptors (Lipinski definition) is 5. The highest BCUT2D eigenvalue weighted by molar-refractivity contribution is 8.00. The summed E-state index contributed by atoms with van der Waals surface area (Å²) in [7, 11) is 0. The minimum atomic E-state index is -1.39. The van der Waals surface area contributed by atoms with E-state index < -0.39 is 36.4 Å². The average Bonchev–Trinajstić information content (AvgIpc) is 2.63. The molecule has 1 aliphatic heterocycles. The van der Waals surface area contributed by atoms with E-state index in [9.17, 15) is 14.4 Å². The highest BCUT2D eigenvalue weighted by Gasteiger charge is 2.31. The van der Waals surface area contributed by atoms with Crippen molar-refractivity contribution < 1.29 is 24.6 Å². The molecule has 0 aromatic heterocycles. The molecule has 96 valence electrons. The molecule has 1 rings (SSSR count). The number of carbonyl (C=O) groups excluding carboxylic acids is 1. The van der Waals surface area contributed by atoms with Gasteiger partial charge in [0.25, 0.3) is 0 Å². The smallest absolute Gasteiger partial charge is 0.326 e. The van der Waals surface area contributed by atoms with Crippen LogP contribution in [0.1, 0.15) is 13.3 Å².